The van der Waals surface area contributed by atoms with E-state index in [1.807, 2.05) is 0 Å². The Morgan fingerprint density at radius 3 is 2.05 bits per heavy atom. The Morgan fingerprint density at radius 1 is 0.810 bits per heavy atom. The molecule has 0 saturated heterocycles. The standard InChI is InChI=1S/C20H26O/c1-3-4-5-9-16-20(2,17-10-7-6-8-11-17)18-12-14-19(21)15-13-18/h6-8,10-15,21H,3-5,9,16H2,1-2H3. The maximum Gasteiger partial charge on any atom is 0.115 e. The molecule has 0 spiro atoms. The van der Waals surface area contributed by atoms with Crippen LogP contribution in [0.4, 0.5) is 0 Å². The van der Waals surface area contributed by atoms with Crippen LogP contribution in [-0.2, 0) is 5.41 Å². The van der Waals surface area contributed by atoms with Gasteiger partial charge in [-0.25, -0.2) is 0 Å². The van der Waals surface area contributed by atoms with Crippen molar-refractivity contribution in [2.75, 3.05) is 0 Å². The third kappa shape index (κ3) is 3.87. The average Bonchev–Trinajstić information content (AvgIpc) is 2.53. The second-order valence-corrected chi connectivity index (χ2v) is 6.06. The van der Waals surface area contributed by atoms with Gasteiger partial charge >= 0.3 is 0 Å². The SMILES string of the molecule is CCCCCCC(C)(c1ccccc1)c1ccc(O)cc1. The van der Waals surface area contributed by atoms with Gasteiger partial charge in [-0.1, -0.05) is 82.0 Å². The van der Waals surface area contributed by atoms with E-state index >= 15 is 0 Å². The number of hydrogen-bond donors (Lipinski definition) is 1. The lowest BCUT2D eigenvalue weighted by Gasteiger charge is -2.31. The van der Waals surface area contributed by atoms with E-state index in [-0.39, 0.29) is 5.41 Å². The molecule has 1 unspecified atom stereocenters. The molecule has 0 amide bonds. The molecule has 0 heterocycles. The lowest BCUT2D eigenvalue weighted by atomic mass is 9.72. The third-order valence-electron chi connectivity index (χ3n) is 4.45. The minimum absolute atomic E-state index is 0.0166. The van der Waals surface area contributed by atoms with E-state index in [2.05, 4.69) is 56.3 Å². The summed E-state index contributed by atoms with van der Waals surface area (Å²) in [5, 5.41) is 9.54. The van der Waals surface area contributed by atoms with E-state index in [1.54, 1.807) is 12.1 Å². The van der Waals surface area contributed by atoms with Crippen molar-refractivity contribution < 1.29 is 5.11 Å². The highest BCUT2D eigenvalue weighted by atomic mass is 16.3. The van der Waals surface area contributed by atoms with Crippen molar-refractivity contribution in [1.82, 2.24) is 0 Å². The van der Waals surface area contributed by atoms with Crippen LogP contribution in [0.2, 0.25) is 0 Å². The van der Waals surface area contributed by atoms with Crippen molar-refractivity contribution in [1.29, 1.82) is 0 Å². The Labute approximate surface area is 128 Å². The van der Waals surface area contributed by atoms with Gasteiger partial charge in [-0.2, -0.15) is 0 Å². The van der Waals surface area contributed by atoms with Gasteiger partial charge in [0.05, 0.1) is 0 Å². The van der Waals surface area contributed by atoms with Crippen LogP contribution in [0.15, 0.2) is 54.6 Å². The molecule has 0 radical (unpaired) electrons. The first-order chi connectivity index (χ1) is 10.2. The summed E-state index contributed by atoms with van der Waals surface area (Å²) in [7, 11) is 0. The number of aromatic hydroxyl groups is 1. The molecule has 0 aliphatic heterocycles. The topological polar surface area (TPSA) is 20.2 Å². The molecule has 2 aromatic carbocycles. The summed E-state index contributed by atoms with van der Waals surface area (Å²) in [6.07, 6.45) is 6.24. The Kier molecular flexibility index (Phi) is 5.44. The van der Waals surface area contributed by atoms with Crippen LogP contribution >= 0.6 is 0 Å². The number of phenols is 1. The first-order valence-corrected chi connectivity index (χ1v) is 8.02. The van der Waals surface area contributed by atoms with Crippen molar-refractivity contribution in [2.24, 2.45) is 0 Å². The molecule has 0 aromatic heterocycles. The Bertz CT molecular complexity index is 530. The van der Waals surface area contributed by atoms with E-state index in [0.29, 0.717) is 5.75 Å². The van der Waals surface area contributed by atoms with Crippen molar-refractivity contribution >= 4 is 0 Å². The summed E-state index contributed by atoms with van der Waals surface area (Å²) < 4.78 is 0. The number of hydrogen-bond acceptors (Lipinski definition) is 1. The second-order valence-electron chi connectivity index (χ2n) is 6.06. The van der Waals surface area contributed by atoms with Crippen LogP contribution in [-0.4, -0.2) is 5.11 Å². The number of rotatable bonds is 7. The van der Waals surface area contributed by atoms with E-state index < -0.39 is 0 Å². The molecule has 2 rings (SSSR count). The molecule has 112 valence electrons. The van der Waals surface area contributed by atoms with Gasteiger partial charge in [-0.05, 0) is 29.7 Å². The smallest absolute Gasteiger partial charge is 0.115 e. The highest BCUT2D eigenvalue weighted by molar-refractivity contribution is 5.40. The number of phenolic OH excluding ortho intramolecular Hbond substituents is 1. The van der Waals surface area contributed by atoms with Gasteiger partial charge < -0.3 is 5.11 Å². The fourth-order valence-corrected chi connectivity index (χ4v) is 3.00. The van der Waals surface area contributed by atoms with Gasteiger partial charge in [0, 0.05) is 5.41 Å². The summed E-state index contributed by atoms with van der Waals surface area (Å²) in [5.74, 6) is 0.333. The molecule has 0 aliphatic rings. The third-order valence-corrected chi connectivity index (χ3v) is 4.45. The molecule has 0 fully saturated rings. The first kappa shape index (κ1) is 15.6. The molecule has 1 atom stereocenters. The molecule has 0 saturated carbocycles. The summed E-state index contributed by atoms with van der Waals surface area (Å²) >= 11 is 0. The molecule has 1 nitrogen and oxygen atoms in total. The maximum absolute atomic E-state index is 9.54. The fraction of sp³-hybridized carbons (Fsp3) is 0.400. The summed E-state index contributed by atoms with van der Waals surface area (Å²) in [5.41, 5.74) is 2.65. The van der Waals surface area contributed by atoms with Gasteiger partial charge in [0.15, 0.2) is 0 Å². The van der Waals surface area contributed by atoms with E-state index in [4.69, 9.17) is 0 Å². The largest absolute Gasteiger partial charge is 0.508 e. The minimum atomic E-state index is 0.0166. The van der Waals surface area contributed by atoms with E-state index in [0.717, 1.165) is 6.42 Å². The molecule has 0 bridgehead atoms. The molecular formula is C20H26O. The first-order valence-electron chi connectivity index (χ1n) is 8.02. The van der Waals surface area contributed by atoms with Gasteiger partial charge in [0.1, 0.15) is 5.75 Å². The van der Waals surface area contributed by atoms with Crippen molar-refractivity contribution in [3.63, 3.8) is 0 Å². The molecule has 2 aromatic rings. The molecule has 21 heavy (non-hydrogen) atoms. The van der Waals surface area contributed by atoms with Crippen LogP contribution < -0.4 is 0 Å². The zero-order valence-electron chi connectivity index (χ0n) is 13.2. The van der Waals surface area contributed by atoms with Crippen LogP contribution in [0.3, 0.4) is 0 Å². The quantitative estimate of drug-likeness (QED) is 0.649. The van der Waals surface area contributed by atoms with E-state index in [1.165, 1.54) is 36.8 Å². The van der Waals surface area contributed by atoms with Crippen molar-refractivity contribution in [3.05, 3.63) is 65.7 Å². The Morgan fingerprint density at radius 2 is 1.43 bits per heavy atom. The van der Waals surface area contributed by atoms with Gasteiger partial charge in [0.25, 0.3) is 0 Å². The Balaban J connectivity index is 2.27. The molecule has 0 aliphatic carbocycles. The predicted molar refractivity (Wildman–Crippen MR) is 89.8 cm³/mol. The molecule has 1 N–H and O–H groups in total. The zero-order valence-corrected chi connectivity index (χ0v) is 13.2. The fourth-order valence-electron chi connectivity index (χ4n) is 3.00. The second kappa shape index (κ2) is 7.31. The predicted octanol–water partition coefficient (Wildman–Crippen LogP) is 5.67. The molecule has 1 heteroatoms. The monoisotopic (exact) mass is 282 g/mol. The van der Waals surface area contributed by atoms with Crippen LogP contribution in [0, 0.1) is 0 Å². The average molecular weight is 282 g/mol. The highest BCUT2D eigenvalue weighted by Gasteiger charge is 2.28. The van der Waals surface area contributed by atoms with Crippen LogP contribution in [0.1, 0.15) is 57.1 Å². The van der Waals surface area contributed by atoms with Gasteiger partial charge in [-0.3, -0.25) is 0 Å². The highest BCUT2D eigenvalue weighted by Crippen LogP contribution is 2.37. The van der Waals surface area contributed by atoms with E-state index in [9.17, 15) is 5.11 Å². The summed E-state index contributed by atoms with van der Waals surface area (Å²) in [6, 6.07) is 18.4. The van der Waals surface area contributed by atoms with Crippen LogP contribution in [0.5, 0.6) is 5.75 Å². The normalized spacial score (nSPS) is 13.8. The molecular weight excluding hydrogens is 256 g/mol. The van der Waals surface area contributed by atoms with Gasteiger partial charge in [0.2, 0.25) is 0 Å². The van der Waals surface area contributed by atoms with Crippen LogP contribution in [0.25, 0.3) is 0 Å². The van der Waals surface area contributed by atoms with Crippen molar-refractivity contribution in [2.45, 2.75) is 51.4 Å². The summed E-state index contributed by atoms with van der Waals surface area (Å²) in [6.45, 7) is 4.57. The van der Waals surface area contributed by atoms with Gasteiger partial charge in [-0.15, -0.1) is 0 Å². The zero-order chi connectivity index (χ0) is 15.1. The number of unbranched alkanes of at least 4 members (excludes halogenated alkanes) is 3. The number of benzene rings is 2. The lowest BCUT2D eigenvalue weighted by Crippen LogP contribution is -2.23. The Hall–Kier alpha value is -1.76. The lowest BCUT2D eigenvalue weighted by molar-refractivity contribution is 0.466. The summed E-state index contributed by atoms with van der Waals surface area (Å²) in [4.78, 5) is 0. The maximum atomic E-state index is 9.54. The van der Waals surface area contributed by atoms with Crippen molar-refractivity contribution in [3.8, 4) is 5.75 Å². The minimum Gasteiger partial charge on any atom is -0.508 e.